The van der Waals surface area contributed by atoms with Crippen molar-refractivity contribution in [3.8, 4) is 0 Å². The molecular weight excluding hydrogens is 444 g/mol. The number of amides is 1. The number of rotatable bonds is 11. The van der Waals surface area contributed by atoms with Gasteiger partial charge in [-0.25, -0.2) is 9.59 Å². The van der Waals surface area contributed by atoms with E-state index in [9.17, 15) is 19.2 Å². The average molecular weight is 475 g/mol. The number of carbonyl (C=O) groups is 4. The number of benzene rings is 1. The summed E-state index contributed by atoms with van der Waals surface area (Å²) in [5, 5.41) is 2.70. The predicted molar refractivity (Wildman–Crippen MR) is 127 cm³/mol. The van der Waals surface area contributed by atoms with Crippen molar-refractivity contribution < 1.29 is 28.7 Å². The van der Waals surface area contributed by atoms with Crippen molar-refractivity contribution in [1.29, 1.82) is 0 Å². The molecule has 0 fully saturated rings. The molecule has 0 aliphatic heterocycles. The fraction of sp³-hybridized carbons (Fsp3) is 0.417. The van der Waals surface area contributed by atoms with Gasteiger partial charge in [0.1, 0.15) is 6.04 Å². The third kappa shape index (κ3) is 6.71. The summed E-state index contributed by atoms with van der Waals surface area (Å²) in [6, 6.07) is 7.65. The molecule has 9 heteroatoms. The maximum Gasteiger partial charge on any atom is 0.340 e. The molecule has 1 aromatic heterocycles. The van der Waals surface area contributed by atoms with Crippen LogP contribution in [0.4, 0.5) is 0 Å². The van der Waals surface area contributed by atoms with E-state index >= 15 is 0 Å². The highest BCUT2D eigenvalue weighted by atomic mass is 32.2. The molecule has 1 heterocycles. The molecule has 1 aromatic carbocycles. The van der Waals surface area contributed by atoms with Crippen LogP contribution in [0.2, 0.25) is 0 Å². The molecule has 8 nitrogen and oxygen atoms in total. The molecule has 0 unspecified atom stereocenters. The quantitative estimate of drug-likeness (QED) is 0.378. The number of aromatic amines is 1. The number of hydrogen-bond acceptors (Lipinski definition) is 7. The highest BCUT2D eigenvalue weighted by Crippen LogP contribution is 2.21. The van der Waals surface area contributed by atoms with Gasteiger partial charge in [0.15, 0.2) is 6.10 Å². The van der Waals surface area contributed by atoms with E-state index in [-0.39, 0.29) is 12.3 Å². The lowest BCUT2D eigenvalue weighted by molar-refractivity contribution is -0.148. The number of esters is 2. The number of aryl methyl sites for hydroxylation is 1. The summed E-state index contributed by atoms with van der Waals surface area (Å²) in [5.41, 5.74) is 1.85. The van der Waals surface area contributed by atoms with Crippen molar-refractivity contribution in [2.45, 2.75) is 46.3 Å². The largest absolute Gasteiger partial charge is 0.462 e. The van der Waals surface area contributed by atoms with Gasteiger partial charge in [0, 0.05) is 11.3 Å². The van der Waals surface area contributed by atoms with Crippen LogP contribution in [0, 0.1) is 13.8 Å². The molecule has 0 spiro atoms. The van der Waals surface area contributed by atoms with Crippen molar-refractivity contribution in [2.24, 2.45) is 0 Å². The standard InChI is InChI=1S/C24H30N2O6S/c1-6-31-24(30)19-14(2)20(25-15(19)3)21(27)16(4)32-23(29)18(12-13-33-5)26-22(28)17-10-8-7-9-11-17/h7-11,16,18,25H,6,12-13H2,1-5H3,(H,26,28)/t16-,18-/m0/s1. The summed E-state index contributed by atoms with van der Waals surface area (Å²) in [7, 11) is 0. The topological polar surface area (TPSA) is 115 Å². The SMILES string of the molecule is CCOC(=O)c1c(C)[nH]c(C(=O)[C@H](C)OC(=O)[C@H](CCSC)NC(=O)c2ccccc2)c1C. The van der Waals surface area contributed by atoms with Gasteiger partial charge in [0.2, 0.25) is 5.78 Å². The van der Waals surface area contributed by atoms with E-state index < -0.39 is 35.8 Å². The first kappa shape index (κ1) is 26.2. The molecule has 2 aromatic rings. The van der Waals surface area contributed by atoms with Gasteiger partial charge in [0.25, 0.3) is 5.91 Å². The van der Waals surface area contributed by atoms with Crippen LogP contribution in [0.15, 0.2) is 30.3 Å². The minimum Gasteiger partial charge on any atom is -0.462 e. The summed E-state index contributed by atoms with van der Waals surface area (Å²) < 4.78 is 10.5. The number of nitrogens with one attached hydrogen (secondary N) is 2. The fourth-order valence-corrected chi connectivity index (χ4v) is 3.81. The third-order valence-electron chi connectivity index (χ3n) is 5.06. The highest BCUT2D eigenvalue weighted by molar-refractivity contribution is 7.98. The maximum absolute atomic E-state index is 13.0. The van der Waals surface area contributed by atoms with Crippen LogP contribution in [0.1, 0.15) is 62.7 Å². The van der Waals surface area contributed by atoms with Gasteiger partial charge in [-0.3, -0.25) is 9.59 Å². The number of ketones is 1. The Balaban J connectivity index is 2.14. The first-order valence-corrected chi connectivity index (χ1v) is 12.1. The Hall–Kier alpha value is -3.07. The van der Waals surface area contributed by atoms with E-state index in [0.717, 1.165) is 0 Å². The lowest BCUT2D eigenvalue weighted by Crippen LogP contribution is -2.44. The molecule has 178 valence electrons. The van der Waals surface area contributed by atoms with Crippen molar-refractivity contribution in [2.75, 3.05) is 18.6 Å². The summed E-state index contributed by atoms with van der Waals surface area (Å²) in [6.45, 7) is 6.69. The normalized spacial score (nSPS) is 12.5. The molecule has 2 N–H and O–H groups in total. The van der Waals surface area contributed by atoms with Crippen molar-refractivity contribution in [1.82, 2.24) is 10.3 Å². The van der Waals surface area contributed by atoms with Crippen LogP contribution in [0.25, 0.3) is 0 Å². The molecule has 33 heavy (non-hydrogen) atoms. The van der Waals surface area contributed by atoms with Crippen LogP contribution in [0.3, 0.4) is 0 Å². The first-order valence-electron chi connectivity index (χ1n) is 10.7. The zero-order chi connectivity index (χ0) is 24.5. The van der Waals surface area contributed by atoms with E-state index in [4.69, 9.17) is 9.47 Å². The molecular formula is C24H30N2O6S. The average Bonchev–Trinajstić information content (AvgIpc) is 3.10. The van der Waals surface area contributed by atoms with Gasteiger partial charge in [-0.2, -0.15) is 11.8 Å². The van der Waals surface area contributed by atoms with Crippen molar-refractivity contribution in [3.63, 3.8) is 0 Å². The Labute approximate surface area is 197 Å². The van der Waals surface area contributed by atoms with Gasteiger partial charge < -0.3 is 19.8 Å². The van der Waals surface area contributed by atoms with Crippen LogP contribution < -0.4 is 5.32 Å². The minimum atomic E-state index is -1.12. The zero-order valence-electron chi connectivity index (χ0n) is 19.5. The Morgan fingerprint density at radius 3 is 2.39 bits per heavy atom. The van der Waals surface area contributed by atoms with E-state index in [1.54, 1.807) is 51.1 Å². The minimum absolute atomic E-state index is 0.185. The second-order valence-corrected chi connectivity index (χ2v) is 8.45. The molecule has 0 radical (unpaired) electrons. The highest BCUT2D eigenvalue weighted by Gasteiger charge is 2.30. The number of Topliss-reactive ketones (excluding diaryl/α,β-unsaturated/α-hetero) is 1. The number of aromatic nitrogens is 1. The molecule has 2 rings (SSSR count). The van der Waals surface area contributed by atoms with Gasteiger partial charge in [0.05, 0.1) is 17.9 Å². The summed E-state index contributed by atoms with van der Waals surface area (Å²) in [4.78, 5) is 53.4. The lowest BCUT2D eigenvalue weighted by Gasteiger charge is -2.20. The van der Waals surface area contributed by atoms with Crippen LogP contribution in [0.5, 0.6) is 0 Å². The molecule has 0 saturated carbocycles. The smallest absolute Gasteiger partial charge is 0.340 e. The maximum atomic E-state index is 13.0. The Bertz CT molecular complexity index is 1000. The van der Waals surface area contributed by atoms with Crippen LogP contribution >= 0.6 is 11.8 Å². The first-order chi connectivity index (χ1) is 15.7. The number of thioether (sulfide) groups is 1. The molecule has 0 saturated heterocycles. The van der Waals surface area contributed by atoms with Crippen molar-refractivity contribution >= 4 is 35.4 Å². The van der Waals surface area contributed by atoms with Crippen LogP contribution in [-0.4, -0.2) is 59.4 Å². The number of carbonyl (C=O) groups excluding carboxylic acids is 4. The summed E-state index contributed by atoms with van der Waals surface area (Å²) >= 11 is 1.53. The summed E-state index contributed by atoms with van der Waals surface area (Å²) in [6.07, 6.45) is 1.13. The third-order valence-corrected chi connectivity index (χ3v) is 5.71. The second-order valence-electron chi connectivity index (χ2n) is 7.46. The van der Waals surface area contributed by atoms with E-state index in [0.29, 0.717) is 34.6 Å². The Morgan fingerprint density at radius 1 is 1.12 bits per heavy atom. The number of hydrogen-bond donors (Lipinski definition) is 2. The molecule has 0 aliphatic carbocycles. The van der Waals surface area contributed by atoms with E-state index in [1.807, 2.05) is 6.26 Å². The summed E-state index contributed by atoms with van der Waals surface area (Å²) in [5.74, 6) is -1.46. The van der Waals surface area contributed by atoms with Gasteiger partial charge >= 0.3 is 11.9 Å². The fourth-order valence-electron chi connectivity index (χ4n) is 3.33. The van der Waals surface area contributed by atoms with E-state index in [2.05, 4.69) is 10.3 Å². The van der Waals surface area contributed by atoms with Gasteiger partial charge in [-0.1, -0.05) is 18.2 Å². The van der Waals surface area contributed by atoms with Gasteiger partial charge in [-0.15, -0.1) is 0 Å². The number of H-pyrrole nitrogens is 1. The Morgan fingerprint density at radius 2 is 1.79 bits per heavy atom. The lowest BCUT2D eigenvalue weighted by atomic mass is 10.1. The predicted octanol–water partition coefficient (Wildman–Crippen LogP) is 3.47. The molecule has 1 amide bonds. The zero-order valence-corrected chi connectivity index (χ0v) is 20.3. The molecule has 2 atom stereocenters. The molecule has 0 bridgehead atoms. The van der Waals surface area contributed by atoms with Gasteiger partial charge in [-0.05, 0) is 63.8 Å². The Kier molecular flexibility index (Phi) is 9.72. The van der Waals surface area contributed by atoms with E-state index in [1.165, 1.54) is 18.7 Å². The number of ether oxygens (including phenoxy) is 2. The van der Waals surface area contributed by atoms with Crippen molar-refractivity contribution in [3.05, 3.63) is 58.4 Å². The second kappa shape index (κ2) is 12.2. The monoisotopic (exact) mass is 474 g/mol. The van der Waals surface area contributed by atoms with Crippen LogP contribution in [-0.2, 0) is 14.3 Å². The molecule has 0 aliphatic rings.